The molecule has 5 heterocycles. The molecule has 1 aliphatic carbocycles. The van der Waals surface area contributed by atoms with Crippen LogP contribution in [0.1, 0.15) is 54.2 Å². The van der Waals surface area contributed by atoms with Crippen LogP contribution in [0.3, 0.4) is 0 Å². The molecule has 42 heavy (non-hydrogen) atoms. The third kappa shape index (κ3) is 5.82. The van der Waals surface area contributed by atoms with Crippen LogP contribution in [-0.4, -0.2) is 87.8 Å². The predicted octanol–water partition coefficient (Wildman–Crippen LogP) is 4.76. The van der Waals surface area contributed by atoms with Gasteiger partial charge >= 0.3 is 5.97 Å². The fourth-order valence-electron chi connectivity index (χ4n) is 6.07. The smallest absolute Gasteiger partial charge is 0.354 e. The standard InChI is InChI=1S/C32H38N6O4/c1-3-4-6-22(2)21-42-28-19-25(9-12-33-28)38-31-29(30(35-38)23-7-5-8-23)27(20-26(34-31)32(39)40)37-13-10-24(11-14-37)36-15-17-41-18-16-36/h3-4,6,9,12,19-20,23-24H,1-2,5,7-8,10-11,13-18,21H2,(H,39,40)/b6-4-. The second kappa shape index (κ2) is 12.5. The van der Waals surface area contributed by atoms with Gasteiger partial charge in [-0.05, 0) is 43.4 Å². The summed E-state index contributed by atoms with van der Waals surface area (Å²) in [6.07, 6.45) is 12.3. The maximum Gasteiger partial charge on any atom is 0.354 e. The summed E-state index contributed by atoms with van der Waals surface area (Å²) in [7, 11) is 0. The molecule has 6 rings (SSSR count). The number of nitrogens with zero attached hydrogens (tertiary/aromatic N) is 6. The Morgan fingerprint density at radius 2 is 1.93 bits per heavy atom. The Hall–Kier alpha value is -4.02. The van der Waals surface area contributed by atoms with E-state index in [0.717, 1.165) is 99.5 Å². The van der Waals surface area contributed by atoms with E-state index in [2.05, 4.69) is 32.9 Å². The first-order valence-corrected chi connectivity index (χ1v) is 14.8. The Morgan fingerprint density at radius 1 is 1.14 bits per heavy atom. The lowest BCUT2D eigenvalue weighted by Crippen LogP contribution is -2.49. The van der Waals surface area contributed by atoms with Crippen molar-refractivity contribution in [1.82, 2.24) is 24.6 Å². The molecule has 2 saturated heterocycles. The maximum absolute atomic E-state index is 12.3. The zero-order valence-electron chi connectivity index (χ0n) is 24.0. The number of carboxylic acids is 1. The number of piperidine rings is 1. The van der Waals surface area contributed by atoms with E-state index in [9.17, 15) is 9.90 Å². The molecule has 1 saturated carbocycles. The van der Waals surface area contributed by atoms with Crippen molar-refractivity contribution >= 4 is 22.7 Å². The molecular weight excluding hydrogens is 532 g/mol. The Morgan fingerprint density at radius 3 is 2.62 bits per heavy atom. The fourth-order valence-corrected chi connectivity index (χ4v) is 6.07. The summed E-state index contributed by atoms with van der Waals surface area (Å²) < 4.78 is 13.2. The highest BCUT2D eigenvalue weighted by atomic mass is 16.5. The first-order valence-electron chi connectivity index (χ1n) is 14.8. The number of ether oxygens (including phenoxy) is 2. The van der Waals surface area contributed by atoms with Crippen molar-refractivity contribution in [3.8, 4) is 11.6 Å². The molecule has 0 radical (unpaired) electrons. The highest BCUT2D eigenvalue weighted by Crippen LogP contribution is 2.43. The highest BCUT2D eigenvalue weighted by Gasteiger charge is 2.32. The van der Waals surface area contributed by atoms with E-state index in [1.54, 1.807) is 23.0 Å². The number of anilines is 1. The molecule has 0 spiro atoms. The summed E-state index contributed by atoms with van der Waals surface area (Å²) in [4.78, 5) is 26.2. The van der Waals surface area contributed by atoms with Gasteiger partial charge in [0.15, 0.2) is 11.3 Å². The summed E-state index contributed by atoms with van der Waals surface area (Å²) in [5.41, 5.74) is 3.99. The minimum atomic E-state index is -1.05. The summed E-state index contributed by atoms with van der Waals surface area (Å²) in [6.45, 7) is 13.2. The predicted molar refractivity (Wildman–Crippen MR) is 162 cm³/mol. The number of aromatic carboxylic acids is 1. The highest BCUT2D eigenvalue weighted by molar-refractivity contribution is 5.98. The van der Waals surface area contributed by atoms with E-state index >= 15 is 0 Å². The first kappa shape index (κ1) is 28.1. The van der Waals surface area contributed by atoms with Crippen molar-refractivity contribution in [3.05, 3.63) is 72.7 Å². The fraction of sp³-hybridized carbons (Fsp3) is 0.438. The van der Waals surface area contributed by atoms with Gasteiger partial charge in [0.2, 0.25) is 5.88 Å². The SMILES string of the molecule is C=C/C=C\C(=C)COc1cc(-n2nc(C3CCC3)c3c(N4CCC(N5CCOCC5)CC4)cc(C(=O)O)nc32)ccn1. The van der Waals surface area contributed by atoms with Gasteiger partial charge in [-0.2, -0.15) is 5.10 Å². The molecule has 0 amide bonds. The van der Waals surface area contributed by atoms with Gasteiger partial charge in [0.1, 0.15) is 6.61 Å². The maximum atomic E-state index is 12.3. The van der Waals surface area contributed by atoms with Crippen LogP contribution in [0.5, 0.6) is 5.88 Å². The van der Waals surface area contributed by atoms with Crippen LogP contribution in [-0.2, 0) is 4.74 Å². The number of carbonyl (C=O) groups is 1. The summed E-state index contributed by atoms with van der Waals surface area (Å²) in [5, 5.41) is 16.1. The van der Waals surface area contributed by atoms with Crippen LogP contribution in [0.15, 0.2) is 61.4 Å². The molecule has 10 heteroatoms. The van der Waals surface area contributed by atoms with Gasteiger partial charge in [0.05, 0.1) is 35.7 Å². The second-order valence-corrected chi connectivity index (χ2v) is 11.2. The molecule has 0 unspecified atom stereocenters. The van der Waals surface area contributed by atoms with E-state index in [1.165, 1.54) is 0 Å². The van der Waals surface area contributed by atoms with Gasteiger partial charge in [-0.3, -0.25) is 4.90 Å². The molecule has 0 aromatic carbocycles. The lowest BCUT2D eigenvalue weighted by molar-refractivity contribution is 0.0115. The Labute approximate surface area is 245 Å². The van der Waals surface area contributed by atoms with Gasteiger partial charge in [-0.1, -0.05) is 37.8 Å². The van der Waals surface area contributed by atoms with Crippen molar-refractivity contribution in [2.24, 2.45) is 0 Å². The Kier molecular flexibility index (Phi) is 8.34. The van der Waals surface area contributed by atoms with Crippen LogP contribution >= 0.6 is 0 Å². The number of rotatable bonds is 10. The second-order valence-electron chi connectivity index (χ2n) is 11.2. The Balaban J connectivity index is 1.36. The quantitative estimate of drug-likeness (QED) is 0.345. The number of hydrogen-bond donors (Lipinski definition) is 1. The van der Waals surface area contributed by atoms with Crippen LogP contribution in [0.2, 0.25) is 0 Å². The molecule has 3 aromatic heterocycles. The van der Waals surface area contributed by atoms with Crippen molar-refractivity contribution < 1.29 is 19.4 Å². The van der Waals surface area contributed by atoms with E-state index in [-0.39, 0.29) is 12.3 Å². The number of hydrogen-bond acceptors (Lipinski definition) is 8. The molecule has 3 aliphatic rings. The Bertz CT molecular complexity index is 1500. The molecule has 10 nitrogen and oxygen atoms in total. The lowest BCUT2D eigenvalue weighted by atomic mass is 9.82. The zero-order chi connectivity index (χ0) is 29.1. The molecule has 0 bridgehead atoms. The third-order valence-corrected chi connectivity index (χ3v) is 8.56. The molecule has 2 aliphatic heterocycles. The van der Waals surface area contributed by atoms with Gasteiger partial charge in [0.25, 0.3) is 0 Å². The topological polar surface area (TPSA) is 106 Å². The van der Waals surface area contributed by atoms with E-state index in [0.29, 0.717) is 23.5 Å². The number of carboxylic acid groups (broad SMARTS) is 1. The molecule has 220 valence electrons. The zero-order valence-corrected chi connectivity index (χ0v) is 24.0. The number of morpholine rings is 1. The molecule has 1 N–H and O–H groups in total. The molecule has 3 aromatic rings. The molecule has 0 atom stereocenters. The van der Waals surface area contributed by atoms with Crippen molar-refractivity contribution in [1.29, 1.82) is 0 Å². The van der Waals surface area contributed by atoms with Crippen molar-refractivity contribution in [2.75, 3.05) is 50.9 Å². The van der Waals surface area contributed by atoms with Crippen LogP contribution < -0.4 is 9.64 Å². The average molecular weight is 571 g/mol. The van der Waals surface area contributed by atoms with Crippen molar-refractivity contribution in [3.63, 3.8) is 0 Å². The monoisotopic (exact) mass is 570 g/mol. The summed E-state index contributed by atoms with van der Waals surface area (Å²) >= 11 is 0. The van der Waals surface area contributed by atoms with Gasteiger partial charge in [-0.25, -0.2) is 19.4 Å². The van der Waals surface area contributed by atoms with Gasteiger partial charge < -0.3 is 19.5 Å². The summed E-state index contributed by atoms with van der Waals surface area (Å²) in [5.74, 6) is -0.299. The largest absolute Gasteiger partial charge is 0.477 e. The van der Waals surface area contributed by atoms with Gasteiger partial charge in [0, 0.05) is 50.4 Å². The minimum Gasteiger partial charge on any atom is -0.477 e. The first-order chi connectivity index (χ1) is 20.5. The molecule has 3 fully saturated rings. The van der Waals surface area contributed by atoms with Crippen molar-refractivity contribution in [2.45, 2.75) is 44.1 Å². The van der Waals surface area contributed by atoms with E-state index < -0.39 is 5.97 Å². The van der Waals surface area contributed by atoms with E-state index in [4.69, 9.17) is 14.6 Å². The normalized spacial score (nSPS) is 18.8. The lowest BCUT2D eigenvalue weighted by Gasteiger charge is -2.41. The van der Waals surface area contributed by atoms with Crippen LogP contribution in [0, 0.1) is 0 Å². The molecular formula is C32H38N6O4. The number of pyridine rings is 2. The average Bonchev–Trinajstić information content (AvgIpc) is 3.37. The van der Waals surface area contributed by atoms with Gasteiger partial charge in [-0.15, -0.1) is 0 Å². The summed E-state index contributed by atoms with van der Waals surface area (Å²) in [6, 6.07) is 5.93. The number of allylic oxidation sites excluding steroid dienone is 2. The van der Waals surface area contributed by atoms with Crippen LogP contribution in [0.4, 0.5) is 5.69 Å². The number of aromatic nitrogens is 4. The minimum absolute atomic E-state index is 0.0185. The van der Waals surface area contributed by atoms with E-state index in [1.807, 2.05) is 24.3 Å². The third-order valence-electron chi connectivity index (χ3n) is 8.56. The number of fused-ring (bicyclic) bond motifs is 1. The van der Waals surface area contributed by atoms with Crippen LogP contribution in [0.25, 0.3) is 16.7 Å².